The number of nitrogens with one attached hydrogen (secondary N) is 1. The third-order valence-corrected chi connectivity index (χ3v) is 4.81. The highest BCUT2D eigenvalue weighted by atomic mass is 79.9. The first-order valence-corrected chi connectivity index (χ1v) is 9.72. The van der Waals surface area contributed by atoms with Crippen LogP contribution < -0.4 is 5.32 Å². The number of aliphatic imine (C=N–C) groups is 1. The summed E-state index contributed by atoms with van der Waals surface area (Å²) in [7, 11) is 0. The van der Waals surface area contributed by atoms with E-state index < -0.39 is 17.8 Å². The molecular weight excluding hydrogens is 437 g/mol. The Morgan fingerprint density at radius 3 is 2.81 bits per heavy atom. The number of ether oxygens (including phenoxy) is 1. The second-order valence-electron chi connectivity index (χ2n) is 5.63. The molecule has 0 bridgehead atoms. The van der Waals surface area contributed by atoms with E-state index in [1.54, 1.807) is 25.3 Å². The van der Waals surface area contributed by atoms with Crippen LogP contribution in [-0.2, 0) is 9.53 Å². The average molecular weight is 453 g/mol. The van der Waals surface area contributed by atoms with Gasteiger partial charge in [-0.05, 0) is 31.2 Å². The van der Waals surface area contributed by atoms with E-state index in [1.807, 2.05) is 6.07 Å². The van der Waals surface area contributed by atoms with Crippen LogP contribution in [0, 0.1) is 5.82 Å². The highest BCUT2D eigenvalue weighted by Gasteiger charge is 2.33. The average Bonchev–Trinajstić information content (AvgIpc) is 2.68. The molecule has 140 valence electrons. The molecule has 0 spiro atoms. The maximum Gasteiger partial charge on any atom is 0.338 e. The van der Waals surface area contributed by atoms with E-state index in [4.69, 9.17) is 16.3 Å². The van der Waals surface area contributed by atoms with Gasteiger partial charge in [-0.1, -0.05) is 39.7 Å². The zero-order valence-corrected chi connectivity index (χ0v) is 16.7. The Morgan fingerprint density at radius 2 is 2.19 bits per heavy atom. The largest absolute Gasteiger partial charge is 0.463 e. The number of rotatable bonds is 5. The van der Waals surface area contributed by atoms with Crippen molar-refractivity contribution in [1.82, 2.24) is 10.3 Å². The molecule has 8 heteroatoms. The number of benzene rings is 1. The van der Waals surface area contributed by atoms with Gasteiger partial charge < -0.3 is 10.1 Å². The van der Waals surface area contributed by atoms with Crippen molar-refractivity contribution in [2.24, 2.45) is 4.99 Å². The van der Waals surface area contributed by atoms with Gasteiger partial charge in [0.25, 0.3) is 0 Å². The van der Waals surface area contributed by atoms with Gasteiger partial charge in [-0.3, -0.25) is 9.98 Å². The van der Waals surface area contributed by atoms with E-state index in [1.165, 1.54) is 18.2 Å². The number of alkyl halides is 1. The molecule has 1 unspecified atom stereocenters. The van der Waals surface area contributed by atoms with Crippen LogP contribution in [0.5, 0.6) is 0 Å². The van der Waals surface area contributed by atoms with Crippen LogP contribution in [0.15, 0.2) is 58.9 Å². The summed E-state index contributed by atoms with van der Waals surface area (Å²) in [5.74, 6) is -0.480. The van der Waals surface area contributed by atoms with Crippen LogP contribution in [0.4, 0.5) is 4.39 Å². The number of carbonyl (C=O) groups excluding carboxylic acids is 1. The molecule has 2 heterocycles. The topological polar surface area (TPSA) is 63.6 Å². The van der Waals surface area contributed by atoms with Gasteiger partial charge in [0.2, 0.25) is 0 Å². The minimum Gasteiger partial charge on any atom is -0.463 e. The smallest absolute Gasteiger partial charge is 0.338 e. The second-order valence-corrected chi connectivity index (χ2v) is 6.60. The third-order valence-electron chi connectivity index (χ3n) is 3.92. The van der Waals surface area contributed by atoms with Crippen LogP contribution in [0.3, 0.4) is 0 Å². The lowest BCUT2D eigenvalue weighted by molar-refractivity contribution is -0.138. The molecule has 1 N–H and O–H groups in total. The Labute approximate surface area is 169 Å². The summed E-state index contributed by atoms with van der Waals surface area (Å²) in [6, 6.07) is 8.70. The summed E-state index contributed by atoms with van der Waals surface area (Å²) >= 11 is 9.67. The number of pyridine rings is 1. The van der Waals surface area contributed by atoms with Gasteiger partial charge in [0.15, 0.2) is 5.84 Å². The van der Waals surface area contributed by atoms with Crippen molar-refractivity contribution in [2.45, 2.75) is 13.0 Å². The molecule has 0 saturated carbocycles. The number of esters is 1. The Morgan fingerprint density at radius 1 is 1.37 bits per heavy atom. The van der Waals surface area contributed by atoms with Gasteiger partial charge in [0, 0.05) is 27.8 Å². The number of allylic oxidation sites excluding steroid dienone is 1. The van der Waals surface area contributed by atoms with Crippen LogP contribution >= 0.6 is 27.5 Å². The van der Waals surface area contributed by atoms with E-state index in [2.05, 4.69) is 31.2 Å². The second kappa shape index (κ2) is 8.63. The van der Waals surface area contributed by atoms with Crippen molar-refractivity contribution in [3.05, 3.63) is 76.0 Å². The SMILES string of the molecule is CCOC(=O)C1=C(CBr)NC(c2ccccn2)=NC1c1ccc(F)cc1Cl. The fourth-order valence-corrected chi connectivity index (χ4v) is 3.44. The minimum absolute atomic E-state index is 0.182. The predicted molar refractivity (Wildman–Crippen MR) is 106 cm³/mol. The standard InChI is InChI=1S/C19H16BrClFN3O2/c1-2-27-19(26)16-15(10-20)24-18(14-5-3-4-8-23-14)25-17(16)12-7-6-11(22)9-13(12)21/h3-9,17H,2,10H2,1H3,(H,24,25). The fraction of sp³-hybridized carbons (Fsp3) is 0.211. The van der Waals surface area contributed by atoms with Crippen LogP contribution in [0.1, 0.15) is 24.2 Å². The first-order valence-electron chi connectivity index (χ1n) is 8.22. The van der Waals surface area contributed by atoms with E-state index in [0.29, 0.717) is 33.7 Å². The Hall–Kier alpha value is -2.25. The molecule has 1 aliphatic heterocycles. The van der Waals surface area contributed by atoms with E-state index in [9.17, 15) is 9.18 Å². The van der Waals surface area contributed by atoms with E-state index >= 15 is 0 Å². The van der Waals surface area contributed by atoms with Crippen molar-refractivity contribution in [3.8, 4) is 0 Å². The Kier molecular flexibility index (Phi) is 6.23. The number of halogens is 3. The summed E-state index contributed by atoms with van der Waals surface area (Å²) in [5, 5.41) is 3.69. The molecular formula is C19H16BrClFN3O2. The van der Waals surface area contributed by atoms with Crippen molar-refractivity contribution >= 4 is 39.3 Å². The molecule has 2 aromatic rings. The van der Waals surface area contributed by atoms with Crippen molar-refractivity contribution in [2.75, 3.05) is 11.9 Å². The summed E-state index contributed by atoms with van der Waals surface area (Å²) < 4.78 is 18.7. The van der Waals surface area contributed by atoms with Crippen LogP contribution in [0.25, 0.3) is 0 Å². The zero-order valence-electron chi connectivity index (χ0n) is 14.4. The molecule has 0 amide bonds. The number of amidine groups is 1. The maximum absolute atomic E-state index is 13.5. The van der Waals surface area contributed by atoms with Crippen molar-refractivity contribution in [1.29, 1.82) is 0 Å². The zero-order chi connectivity index (χ0) is 19.4. The number of nitrogens with zero attached hydrogens (tertiary/aromatic N) is 2. The lowest BCUT2D eigenvalue weighted by Gasteiger charge is -2.27. The van der Waals surface area contributed by atoms with E-state index in [-0.39, 0.29) is 11.6 Å². The first kappa shape index (κ1) is 19.5. The van der Waals surface area contributed by atoms with Gasteiger partial charge in [-0.25, -0.2) is 9.18 Å². The predicted octanol–water partition coefficient (Wildman–Crippen LogP) is 4.18. The van der Waals surface area contributed by atoms with Crippen molar-refractivity contribution < 1.29 is 13.9 Å². The van der Waals surface area contributed by atoms with Crippen LogP contribution in [0.2, 0.25) is 5.02 Å². The van der Waals surface area contributed by atoms with Gasteiger partial charge in [-0.2, -0.15) is 0 Å². The maximum atomic E-state index is 13.5. The van der Waals surface area contributed by atoms with E-state index in [0.717, 1.165) is 0 Å². The normalized spacial score (nSPS) is 16.6. The molecule has 0 fully saturated rings. The van der Waals surface area contributed by atoms with Gasteiger partial charge in [0.1, 0.15) is 17.6 Å². The Bertz CT molecular complexity index is 918. The van der Waals surface area contributed by atoms with Crippen molar-refractivity contribution in [3.63, 3.8) is 0 Å². The number of hydrogen-bond acceptors (Lipinski definition) is 5. The minimum atomic E-state index is -0.747. The molecule has 1 aromatic heterocycles. The van der Waals surface area contributed by atoms with Gasteiger partial charge >= 0.3 is 5.97 Å². The summed E-state index contributed by atoms with van der Waals surface area (Å²) in [6.45, 7) is 1.95. The monoisotopic (exact) mass is 451 g/mol. The number of carbonyl (C=O) groups is 1. The highest BCUT2D eigenvalue weighted by Crippen LogP contribution is 2.36. The van der Waals surface area contributed by atoms with Gasteiger partial charge in [0.05, 0.1) is 12.2 Å². The quantitative estimate of drug-likeness (QED) is 0.546. The molecule has 0 aliphatic carbocycles. The highest BCUT2D eigenvalue weighted by molar-refractivity contribution is 9.09. The summed E-state index contributed by atoms with van der Waals surface area (Å²) in [6.07, 6.45) is 1.65. The molecule has 0 saturated heterocycles. The molecule has 1 atom stereocenters. The fourth-order valence-electron chi connectivity index (χ4n) is 2.73. The number of aromatic nitrogens is 1. The molecule has 3 rings (SSSR count). The summed E-state index contributed by atoms with van der Waals surface area (Å²) in [4.78, 5) is 21.6. The molecule has 0 radical (unpaired) electrons. The first-order chi connectivity index (χ1) is 13.0. The lowest BCUT2D eigenvalue weighted by atomic mass is 9.95. The lowest BCUT2D eigenvalue weighted by Crippen LogP contribution is -2.35. The molecule has 1 aliphatic rings. The molecule has 27 heavy (non-hydrogen) atoms. The van der Waals surface area contributed by atoms with Gasteiger partial charge in [-0.15, -0.1) is 0 Å². The third kappa shape index (κ3) is 4.20. The number of hydrogen-bond donors (Lipinski definition) is 1. The summed E-state index contributed by atoms with van der Waals surface area (Å²) in [5.41, 5.74) is 2.04. The Balaban J connectivity index is 2.16. The molecule has 5 nitrogen and oxygen atoms in total. The molecule has 1 aromatic carbocycles. The van der Waals surface area contributed by atoms with Crippen LogP contribution in [-0.4, -0.2) is 28.7 Å².